The molecule has 0 bridgehead atoms. The molecule has 18 heavy (non-hydrogen) atoms. The zero-order chi connectivity index (χ0) is 13.4. The van der Waals surface area contributed by atoms with Crippen molar-refractivity contribution in [2.45, 2.75) is 19.9 Å². The Kier molecular flexibility index (Phi) is 6.93. The highest BCUT2D eigenvalue weighted by Crippen LogP contribution is 2.17. The smallest absolute Gasteiger partial charge is 0.310 e. The third kappa shape index (κ3) is 5.62. The van der Waals surface area contributed by atoms with Crippen LogP contribution in [-0.4, -0.2) is 33.3 Å². The van der Waals surface area contributed by atoms with E-state index in [1.54, 1.807) is 18.4 Å². The summed E-state index contributed by atoms with van der Waals surface area (Å²) in [6.45, 7) is 4.68. The fourth-order valence-corrected chi connectivity index (χ4v) is 2.59. The summed E-state index contributed by atoms with van der Waals surface area (Å²) in [5, 5.41) is 3.38. The molecule has 0 aromatic carbocycles. The minimum Gasteiger partial charge on any atom is -0.469 e. The summed E-state index contributed by atoms with van der Waals surface area (Å²) in [5.41, 5.74) is 0. The van der Waals surface area contributed by atoms with Crippen LogP contribution in [0.2, 0.25) is 0 Å². The molecule has 0 aliphatic rings. The molecule has 0 saturated carbocycles. The molecule has 4 nitrogen and oxygen atoms in total. The van der Waals surface area contributed by atoms with Crippen molar-refractivity contribution in [2.24, 2.45) is 5.92 Å². The molecule has 0 radical (unpaired) electrons. The number of hydrogen-bond donors (Lipinski definition) is 1. The molecule has 0 amide bonds. The third-order valence-electron chi connectivity index (χ3n) is 2.51. The molecule has 1 N–H and O–H groups in total. The van der Waals surface area contributed by atoms with Gasteiger partial charge in [-0.15, -0.1) is 11.3 Å². The Balaban J connectivity index is 2.29. The fraction of sp³-hybridized carbons (Fsp3) is 0.615. The Labute approximate surface area is 112 Å². The highest BCUT2D eigenvalue weighted by Gasteiger charge is 2.06. The Morgan fingerprint density at radius 2 is 2.11 bits per heavy atom. The predicted octanol–water partition coefficient (Wildman–Crippen LogP) is 1.84. The molecule has 0 spiro atoms. The van der Waals surface area contributed by atoms with Gasteiger partial charge < -0.3 is 14.8 Å². The van der Waals surface area contributed by atoms with Gasteiger partial charge in [0.05, 0.1) is 13.5 Å². The molecule has 1 aromatic heterocycles. The standard InChI is InChI=1S/C13H21NO3S/c1-10(9-16-2)7-14-8-12-5-4-11(18-12)6-13(15)17-3/h4-5,10,14H,6-9H2,1-3H3. The number of carbonyl (C=O) groups is 1. The number of ether oxygens (including phenoxy) is 2. The molecule has 1 unspecified atom stereocenters. The Morgan fingerprint density at radius 3 is 2.78 bits per heavy atom. The van der Waals surface area contributed by atoms with Crippen molar-refractivity contribution in [1.29, 1.82) is 0 Å². The van der Waals surface area contributed by atoms with Gasteiger partial charge in [-0.1, -0.05) is 6.92 Å². The van der Waals surface area contributed by atoms with Gasteiger partial charge in [-0.2, -0.15) is 0 Å². The van der Waals surface area contributed by atoms with Gasteiger partial charge in [-0.25, -0.2) is 0 Å². The van der Waals surface area contributed by atoms with E-state index in [9.17, 15) is 4.79 Å². The van der Waals surface area contributed by atoms with E-state index in [1.807, 2.05) is 6.07 Å². The number of nitrogens with one attached hydrogen (secondary N) is 1. The normalized spacial score (nSPS) is 12.4. The molecule has 0 aliphatic heterocycles. The molecule has 1 rings (SSSR count). The van der Waals surface area contributed by atoms with Crippen LogP contribution in [-0.2, 0) is 27.2 Å². The van der Waals surface area contributed by atoms with Gasteiger partial charge in [0, 0.05) is 36.6 Å². The monoisotopic (exact) mass is 271 g/mol. The maximum absolute atomic E-state index is 11.1. The van der Waals surface area contributed by atoms with Crippen molar-refractivity contribution in [3.8, 4) is 0 Å². The molecule has 1 aromatic rings. The minimum atomic E-state index is -0.190. The number of methoxy groups -OCH3 is 2. The maximum atomic E-state index is 11.1. The summed E-state index contributed by atoms with van der Waals surface area (Å²) in [7, 11) is 3.13. The van der Waals surface area contributed by atoms with Crippen LogP contribution >= 0.6 is 11.3 Å². The molecular weight excluding hydrogens is 250 g/mol. The van der Waals surface area contributed by atoms with Crippen LogP contribution in [0.3, 0.4) is 0 Å². The van der Waals surface area contributed by atoms with Gasteiger partial charge in [0.25, 0.3) is 0 Å². The fourth-order valence-electron chi connectivity index (χ4n) is 1.61. The van der Waals surface area contributed by atoms with Crippen molar-refractivity contribution in [2.75, 3.05) is 27.4 Å². The van der Waals surface area contributed by atoms with Gasteiger partial charge in [0.15, 0.2) is 0 Å². The SMILES string of the molecule is COCC(C)CNCc1ccc(CC(=O)OC)s1. The highest BCUT2D eigenvalue weighted by atomic mass is 32.1. The minimum absolute atomic E-state index is 0.190. The van der Waals surface area contributed by atoms with Crippen LogP contribution in [0.4, 0.5) is 0 Å². The number of carbonyl (C=O) groups excluding carboxylic acids is 1. The van der Waals surface area contributed by atoms with Gasteiger partial charge in [-0.3, -0.25) is 4.79 Å². The first-order valence-corrected chi connectivity index (χ1v) is 6.81. The Bertz CT molecular complexity index is 365. The highest BCUT2D eigenvalue weighted by molar-refractivity contribution is 7.12. The molecule has 0 saturated heterocycles. The number of esters is 1. The lowest BCUT2D eigenvalue weighted by Crippen LogP contribution is -2.22. The first kappa shape index (κ1) is 15.1. The summed E-state index contributed by atoms with van der Waals surface area (Å²) < 4.78 is 9.72. The first-order valence-electron chi connectivity index (χ1n) is 5.99. The number of thiophene rings is 1. The molecule has 1 atom stereocenters. The molecular formula is C13H21NO3S. The van der Waals surface area contributed by atoms with E-state index in [0.29, 0.717) is 12.3 Å². The van der Waals surface area contributed by atoms with Crippen molar-refractivity contribution < 1.29 is 14.3 Å². The van der Waals surface area contributed by atoms with Crippen molar-refractivity contribution >= 4 is 17.3 Å². The van der Waals surface area contributed by atoms with Crippen LogP contribution < -0.4 is 5.32 Å². The third-order valence-corrected chi connectivity index (χ3v) is 3.59. The zero-order valence-electron chi connectivity index (χ0n) is 11.2. The zero-order valence-corrected chi connectivity index (χ0v) is 12.0. The van der Waals surface area contributed by atoms with Crippen LogP contribution in [0.25, 0.3) is 0 Å². The topological polar surface area (TPSA) is 47.6 Å². The van der Waals surface area contributed by atoms with E-state index >= 15 is 0 Å². The molecule has 5 heteroatoms. The van der Waals surface area contributed by atoms with Crippen molar-refractivity contribution in [3.63, 3.8) is 0 Å². The largest absolute Gasteiger partial charge is 0.469 e. The van der Waals surface area contributed by atoms with Crippen LogP contribution in [0, 0.1) is 5.92 Å². The van der Waals surface area contributed by atoms with E-state index in [-0.39, 0.29) is 5.97 Å². The van der Waals surface area contributed by atoms with Gasteiger partial charge in [-0.05, 0) is 18.1 Å². The van der Waals surface area contributed by atoms with Crippen LogP contribution in [0.15, 0.2) is 12.1 Å². The lowest BCUT2D eigenvalue weighted by molar-refractivity contribution is -0.139. The van der Waals surface area contributed by atoms with Gasteiger partial charge in [0.2, 0.25) is 0 Å². The van der Waals surface area contributed by atoms with E-state index in [2.05, 4.69) is 23.0 Å². The first-order chi connectivity index (χ1) is 8.65. The summed E-state index contributed by atoms with van der Waals surface area (Å²) in [4.78, 5) is 13.4. The van der Waals surface area contributed by atoms with Gasteiger partial charge in [0.1, 0.15) is 0 Å². The average Bonchev–Trinajstić information content (AvgIpc) is 2.77. The van der Waals surface area contributed by atoms with E-state index in [0.717, 1.165) is 24.6 Å². The van der Waals surface area contributed by atoms with Crippen LogP contribution in [0.1, 0.15) is 16.7 Å². The quantitative estimate of drug-likeness (QED) is 0.733. The predicted molar refractivity (Wildman–Crippen MR) is 72.8 cm³/mol. The molecule has 102 valence electrons. The number of hydrogen-bond acceptors (Lipinski definition) is 5. The molecule has 0 fully saturated rings. The summed E-state index contributed by atoms with van der Waals surface area (Å²) in [6, 6.07) is 4.04. The molecule has 0 aliphatic carbocycles. The van der Waals surface area contributed by atoms with Crippen molar-refractivity contribution in [1.82, 2.24) is 5.32 Å². The second kappa shape index (κ2) is 8.24. The van der Waals surface area contributed by atoms with Crippen molar-refractivity contribution in [3.05, 3.63) is 21.9 Å². The van der Waals surface area contributed by atoms with E-state index in [1.165, 1.54) is 12.0 Å². The lowest BCUT2D eigenvalue weighted by atomic mass is 10.2. The maximum Gasteiger partial charge on any atom is 0.310 e. The van der Waals surface area contributed by atoms with Gasteiger partial charge >= 0.3 is 5.97 Å². The van der Waals surface area contributed by atoms with Crippen LogP contribution in [0.5, 0.6) is 0 Å². The Morgan fingerprint density at radius 1 is 1.39 bits per heavy atom. The summed E-state index contributed by atoms with van der Waals surface area (Å²) in [5.74, 6) is 0.314. The average molecular weight is 271 g/mol. The number of rotatable bonds is 8. The van der Waals surface area contributed by atoms with E-state index < -0.39 is 0 Å². The van der Waals surface area contributed by atoms with E-state index in [4.69, 9.17) is 4.74 Å². The summed E-state index contributed by atoms with van der Waals surface area (Å²) >= 11 is 1.65. The lowest BCUT2D eigenvalue weighted by Gasteiger charge is -2.10. The second-order valence-electron chi connectivity index (χ2n) is 4.31. The summed E-state index contributed by atoms with van der Waals surface area (Å²) in [6.07, 6.45) is 0.362. The second-order valence-corrected chi connectivity index (χ2v) is 5.57. The Hall–Kier alpha value is -0.910. The molecule has 1 heterocycles.